The van der Waals surface area contributed by atoms with Crippen LogP contribution < -0.4 is 10.6 Å². The second-order valence-electron chi connectivity index (χ2n) is 8.62. The maximum atomic E-state index is 13.1. The topological polar surface area (TPSA) is 196 Å². The van der Waals surface area contributed by atoms with Crippen LogP contribution in [0.5, 0.6) is 0 Å². The normalized spacial score (nSPS) is 13.0. The van der Waals surface area contributed by atoms with E-state index in [1.165, 1.54) is 0 Å². The second kappa shape index (κ2) is 13.1. The van der Waals surface area contributed by atoms with Crippen molar-refractivity contribution in [3.05, 3.63) is 41.7 Å². The fraction of sp³-hybridized carbons (Fsp3) is 0.500. The zero-order valence-corrected chi connectivity index (χ0v) is 19.6. The van der Waals surface area contributed by atoms with Gasteiger partial charge in [0.15, 0.2) is 5.82 Å². The number of nitrogens with zero attached hydrogens (tertiary/aromatic N) is 3. The first-order valence-corrected chi connectivity index (χ1v) is 11.0. The lowest BCUT2D eigenvalue weighted by molar-refractivity contribution is -0.147. The summed E-state index contributed by atoms with van der Waals surface area (Å²) in [6, 6.07) is 7.35. The summed E-state index contributed by atoms with van der Waals surface area (Å²) in [5.74, 6) is -3.06. The number of aromatic nitrogens is 4. The number of aromatic amines is 1. The van der Waals surface area contributed by atoms with Crippen molar-refractivity contribution in [3.8, 4) is 0 Å². The predicted molar refractivity (Wildman–Crippen MR) is 121 cm³/mol. The van der Waals surface area contributed by atoms with E-state index in [-0.39, 0.29) is 44.5 Å². The monoisotopic (exact) mass is 490 g/mol. The Morgan fingerprint density at radius 3 is 2.31 bits per heavy atom. The summed E-state index contributed by atoms with van der Waals surface area (Å²) in [5, 5.41) is 37.0. The zero-order valence-electron chi connectivity index (χ0n) is 19.6. The first-order chi connectivity index (χ1) is 16.6. The molecule has 0 aliphatic rings. The molecular formula is C22H30N6O7. The molecule has 0 aliphatic heterocycles. The van der Waals surface area contributed by atoms with Crippen molar-refractivity contribution in [3.63, 3.8) is 0 Å². The highest BCUT2D eigenvalue weighted by Crippen LogP contribution is 2.17. The van der Waals surface area contributed by atoms with E-state index in [1.54, 1.807) is 13.8 Å². The van der Waals surface area contributed by atoms with Gasteiger partial charge in [-0.3, -0.25) is 19.2 Å². The van der Waals surface area contributed by atoms with Crippen LogP contribution >= 0.6 is 0 Å². The molecule has 13 heteroatoms. The second-order valence-corrected chi connectivity index (χ2v) is 8.62. The molecule has 2 rings (SSSR count). The van der Waals surface area contributed by atoms with Gasteiger partial charge in [-0.25, -0.2) is 5.10 Å². The fourth-order valence-electron chi connectivity index (χ4n) is 3.34. The van der Waals surface area contributed by atoms with E-state index in [4.69, 9.17) is 14.9 Å². The highest BCUT2D eigenvalue weighted by molar-refractivity contribution is 5.83. The number of rotatable bonds is 15. The van der Waals surface area contributed by atoms with Crippen molar-refractivity contribution in [2.24, 2.45) is 0 Å². The van der Waals surface area contributed by atoms with Gasteiger partial charge < -0.3 is 25.6 Å². The summed E-state index contributed by atoms with van der Waals surface area (Å²) in [7, 11) is 0. The lowest BCUT2D eigenvalue weighted by atomic mass is 9.97. The maximum absolute atomic E-state index is 13.1. The first kappa shape index (κ1) is 27.4. The number of H-pyrrole nitrogens is 1. The van der Waals surface area contributed by atoms with Crippen LogP contribution in [0.15, 0.2) is 30.3 Å². The number of tetrazole rings is 1. The van der Waals surface area contributed by atoms with Gasteiger partial charge in [0.25, 0.3) is 0 Å². The lowest BCUT2D eigenvalue weighted by Gasteiger charge is -2.31. The summed E-state index contributed by atoms with van der Waals surface area (Å²) in [6.45, 7) is 3.50. The molecule has 0 saturated heterocycles. The van der Waals surface area contributed by atoms with Gasteiger partial charge in [0.1, 0.15) is 6.61 Å². The number of carboxylic acids is 2. The van der Waals surface area contributed by atoms with Crippen molar-refractivity contribution < 1.29 is 34.1 Å². The standard InChI is InChI=1S/C22H30N6O7/c1-22(2,12-19(33)35-13-14-6-4-3-5-7-14)24-16(9-11-18(31)32)21(34)23-15(8-10-17(29)30)20-25-27-28-26-20/h3-7,15-16,24H,8-13H2,1-2H3,(H,23,34)(H,29,30)(H,31,32)(H,25,26,27,28)/t15-,16+/m1/s1. The molecule has 0 aliphatic carbocycles. The Morgan fingerprint density at radius 1 is 1.06 bits per heavy atom. The SMILES string of the molecule is CC(C)(CC(=O)OCc1ccccc1)N[C@@H](CCC(=O)O)C(=O)N[C@H](CCC(=O)O)c1nnn[nH]1. The Labute approximate surface area is 201 Å². The van der Waals surface area contributed by atoms with E-state index >= 15 is 0 Å². The van der Waals surface area contributed by atoms with Gasteiger partial charge in [-0.15, -0.1) is 5.10 Å². The van der Waals surface area contributed by atoms with Gasteiger partial charge in [0, 0.05) is 18.4 Å². The molecule has 5 N–H and O–H groups in total. The first-order valence-electron chi connectivity index (χ1n) is 11.0. The van der Waals surface area contributed by atoms with Crippen LogP contribution in [0.4, 0.5) is 0 Å². The van der Waals surface area contributed by atoms with Crippen LogP contribution in [0, 0.1) is 0 Å². The summed E-state index contributed by atoms with van der Waals surface area (Å²) in [4.78, 5) is 47.6. The predicted octanol–water partition coefficient (Wildman–Crippen LogP) is 0.957. The fourth-order valence-corrected chi connectivity index (χ4v) is 3.34. The number of amides is 1. The van der Waals surface area contributed by atoms with Crippen molar-refractivity contribution in [1.82, 2.24) is 31.3 Å². The van der Waals surface area contributed by atoms with E-state index in [1.807, 2.05) is 30.3 Å². The number of benzene rings is 1. The number of esters is 1. The van der Waals surface area contributed by atoms with E-state index in [0.717, 1.165) is 5.56 Å². The molecule has 2 atom stereocenters. The van der Waals surface area contributed by atoms with Crippen molar-refractivity contribution in [1.29, 1.82) is 0 Å². The Balaban J connectivity index is 2.04. The highest BCUT2D eigenvalue weighted by atomic mass is 16.5. The molecule has 0 bridgehead atoms. The number of hydrogen-bond acceptors (Lipinski definition) is 9. The minimum absolute atomic E-state index is 0.0127. The molecule has 0 saturated carbocycles. The molecule has 0 radical (unpaired) electrons. The molecule has 13 nitrogen and oxygen atoms in total. The van der Waals surface area contributed by atoms with E-state index in [9.17, 15) is 19.2 Å². The largest absolute Gasteiger partial charge is 0.481 e. The van der Waals surface area contributed by atoms with Crippen LogP contribution in [-0.4, -0.2) is 66.2 Å². The molecule has 35 heavy (non-hydrogen) atoms. The van der Waals surface area contributed by atoms with Gasteiger partial charge in [-0.2, -0.15) is 0 Å². The maximum Gasteiger partial charge on any atom is 0.307 e. The third-order valence-corrected chi connectivity index (χ3v) is 5.01. The third kappa shape index (κ3) is 10.3. The Morgan fingerprint density at radius 2 is 1.71 bits per heavy atom. The lowest BCUT2D eigenvalue weighted by Crippen LogP contribution is -2.54. The molecule has 0 unspecified atom stereocenters. The molecule has 1 amide bonds. The number of aliphatic carboxylic acids is 2. The third-order valence-electron chi connectivity index (χ3n) is 5.01. The summed E-state index contributed by atoms with van der Waals surface area (Å²) >= 11 is 0. The average Bonchev–Trinajstić information content (AvgIpc) is 3.33. The number of carbonyl (C=O) groups is 4. The van der Waals surface area contributed by atoms with E-state index < -0.39 is 41.4 Å². The Bertz CT molecular complexity index is 981. The molecule has 1 aromatic carbocycles. The van der Waals surface area contributed by atoms with Crippen LogP contribution in [-0.2, 0) is 30.5 Å². The van der Waals surface area contributed by atoms with Crippen molar-refractivity contribution in [2.45, 2.75) is 70.2 Å². The highest BCUT2D eigenvalue weighted by Gasteiger charge is 2.31. The average molecular weight is 491 g/mol. The summed E-state index contributed by atoms with van der Waals surface area (Å²) in [6.07, 6.45) is -0.686. The van der Waals surface area contributed by atoms with Crippen LogP contribution in [0.25, 0.3) is 0 Å². The van der Waals surface area contributed by atoms with E-state index in [2.05, 4.69) is 31.3 Å². The van der Waals surface area contributed by atoms with E-state index in [0.29, 0.717) is 0 Å². The molecule has 1 aromatic heterocycles. The molecule has 190 valence electrons. The minimum Gasteiger partial charge on any atom is -0.481 e. The molecular weight excluding hydrogens is 460 g/mol. The molecule has 2 aromatic rings. The number of hydrogen-bond donors (Lipinski definition) is 5. The molecule has 0 fully saturated rings. The van der Waals surface area contributed by atoms with Crippen LogP contribution in [0.1, 0.15) is 63.4 Å². The van der Waals surface area contributed by atoms with Gasteiger partial charge in [-0.05, 0) is 42.7 Å². The quantitative estimate of drug-likeness (QED) is 0.223. The summed E-state index contributed by atoms with van der Waals surface area (Å²) in [5.41, 5.74) is -0.0850. The number of carboxylic acid groups (broad SMARTS) is 2. The number of carbonyl (C=O) groups excluding carboxylic acids is 2. The van der Waals surface area contributed by atoms with Gasteiger partial charge in [-0.1, -0.05) is 30.3 Å². The van der Waals surface area contributed by atoms with Gasteiger partial charge >= 0.3 is 17.9 Å². The van der Waals surface area contributed by atoms with Gasteiger partial charge in [0.2, 0.25) is 5.91 Å². The number of nitrogens with one attached hydrogen (secondary N) is 3. The Hall–Kier alpha value is -3.87. The molecule has 1 heterocycles. The number of ether oxygens (including phenoxy) is 1. The smallest absolute Gasteiger partial charge is 0.307 e. The summed E-state index contributed by atoms with van der Waals surface area (Å²) < 4.78 is 5.32. The van der Waals surface area contributed by atoms with Crippen LogP contribution in [0.3, 0.4) is 0 Å². The van der Waals surface area contributed by atoms with Crippen LogP contribution in [0.2, 0.25) is 0 Å². The van der Waals surface area contributed by atoms with Gasteiger partial charge in [0.05, 0.1) is 18.5 Å². The van der Waals surface area contributed by atoms with Crippen molar-refractivity contribution >= 4 is 23.8 Å². The zero-order chi connectivity index (χ0) is 25.8. The Kier molecular flexibility index (Phi) is 10.3. The molecule has 0 spiro atoms. The van der Waals surface area contributed by atoms with Crippen molar-refractivity contribution in [2.75, 3.05) is 0 Å². The minimum atomic E-state index is -1.09.